The lowest BCUT2D eigenvalue weighted by Gasteiger charge is -2.03. The number of aromatic hydroxyl groups is 2. The van der Waals surface area contributed by atoms with Crippen LogP contribution < -0.4 is 0 Å². The van der Waals surface area contributed by atoms with Crippen molar-refractivity contribution in [1.29, 1.82) is 0 Å². The van der Waals surface area contributed by atoms with Crippen molar-refractivity contribution in [2.45, 2.75) is 0 Å². The third kappa shape index (κ3) is 2.06. The van der Waals surface area contributed by atoms with Crippen molar-refractivity contribution in [3.05, 3.63) is 60.7 Å². The van der Waals surface area contributed by atoms with Gasteiger partial charge in [-0.3, -0.25) is 0 Å². The van der Waals surface area contributed by atoms with E-state index in [1.807, 2.05) is 36.4 Å². The number of hydrogen-bond donors (Lipinski definition) is 3. The highest BCUT2D eigenvalue weighted by atomic mass is 16.3. The van der Waals surface area contributed by atoms with Crippen LogP contribution in [0.15, 0.2) is 60.7 Å². The molecule has 1 heterocycles. The van der Waals surface area contributed by atoms with Gasteiger partial charge in [-0.25, -0.2) is 0 Å². The number of rotatable bonds is 2. The minimum Gasteiger partial charge on any atom is -0.507 e. The molecule has 0 fully saturated rings. The Bertz CT molecular complexity index is 656. The monoisotopic (exact) mass is 251 g/mol. The van der Waals surface area contributed by atoms with Gasteiger partial charge in [0.25, 0.3) is 0 Å². The molecule has 0 atom stereocenters. The Morgan fingerprint density at radius 1 is 0.579 bits per heavy atom. The van der Waals surface area contributed by atoms with Crippen LogP contribution in [0, 0.1) is 0 Å². The topological polar surface area (TPSA) is 56.2 Å². The number of aromatic nitrogens is 1. The fraction of sp³-hybridized carbons (Fsp3) is 0. The van der Waals surface area contributed by atoms with Crippen LogP contribution in [0.2, 0.25) is 0 Å². The lowest BCUT2D eigenvalue weighted by molar-refractivity contribution is 0.477. The third-order valence-corrected chi connectivity index (χ3v) is 3.07. The van der Waals surface area contributed by atoms with Crippen LogP contribution in [0.1, 0.15) is 0 Å². The van der Waals surface area contributed by atoms with Gasteiger partial charge in [0.05, 0.1) is 0 Å². The van der Waals surface area contributed by atoms with Crippen LogP contribution in [-0.4, -0.2) is 15.2 Å². The molecule has 0 unspecified atom stereocenters. The standard InChI is InChI=1S/C16H13NO2/c18-15-7-3-1-5-11(15)13-9-10-14(17-13)12-6-2-4-8-16(12)19/h1-10,17-19H. The van der Waals surface area contributed by atoms with Crippen LogP contribution >= 0.6 is 0 Å². The number of phenolic OH excluding ortho intramolecular Hbond substituents is 2. The molecule has 3 rings (SSSR count). The lowest BCUT2D eigenvalue weighted by Crippen LogP contribution is -1.81. The quantitative estimate of drug-likeness (QED) is 0.649. The fourth-order valence-corrected chi connectivity index (χ4v) is 2.11. The number of phenols is 2. The average molecular weight is 251 g/mol. The Morgan fingerprint density at radius 2 is 1.00 bits per heavy atom. The summed E-state index contributed by atoms with van der Waals surface area (Å²) in [6, 6.07) is 18.1. The zero-order valence-corrected chi connectivity index (χ0v) is 10.2. The van der Waals surface area contributed by atoms with E-state index in [9.17, 15) is 10.2 Å². The Hall–Kier alpha value is -2.68. The Kier molecular flexibility index (Phi) is 2.72. The van der Waals surface area contributed by atoms with E-state index in [1.165, 1.54) is 0 Å². The number of H-pyrrole nitrogens is 1. The number of benzene rings is 2. The van der Waals surface area contributed by atoms with Crippen molar-refractivity contribution < 1.29 is 10.2 Å². The van der Waals surface area contributed by atoms with Gasteiger partial charge in [0.1, 0.15) is 11.5 Å². The molecule has 0 saturated carbocycles. The molecule has 2 aromatic carbocycles. The van der Waals surface area contributed by atoms with Crippen LogP contribution in [0.5, 0.6) is 11.5 Å². The Balaban J connectivity index is 2.06. The molecular formula is C16H13NO2. The fourth-order valence-electron chi connectivity index (χ4n) is 2.11. The molecule has 1 aromatic heterocycles. The molecule has 0 spiro atoms. The van der Waals surface area contributed by atoms with E-state index in [-0.39, 0.29) is 11.5 Å². The highest BCUT2D eigenvalue weighted by molar-refractivity contribution is 5.74. The first-order valence-electron chi connectivity index (χ1n) is 6.01. The van der Waals surface area contributed by atoms with Gasteiger partial charge in [-0.15, -0.1) is 0 Å². The van der Waals surface area contributed by atoms with Crippen LogP contribution in [-0.2, 0) is 0 Å². The summed E-state index contributed by atoms with van der Waals surface area (Å²) in [6.45, 7) is 0. The van der Waals surface area contributed by atoms with E-state index in [1.54, 1.807) is 24.3 Å². The summed E-state index contributed by atoms with van der Waals surface area (Å²) in [5, 5.41) is 19.7. The first kappa shape index (κ1) is 11.4. The van der Waals surface area contributed by atoms with Crippen molar-refractivity contribution in [2.24, 2.45) is 0 Å². The normalized spacial score (nSPS) is 10.5. The van der Waals surface area contributed by atoms with Gasteiger partial charge in [0.2, 0.25) is 0 Å². The number of hydrogen-bond acceptors (Lipinski definition) is 2. The number of aromatic amines is 1. The van der Waals surface area contributed by atoms with Crippen molar-refractivity contribution in [3.63, 3.8) is 0 Å². The molecule has 0 aliphatic rings. The second kappa shape index (κ2) is 4.53. The van der Waals surface area contributed by atoms with E-state index >= 15 is 0 Å². The highest BCUT2D eigenvalue weighted by Gasteiger charge is 2.09. The second-order valence-electron chi connectivity index (χ2n) is 4.32. The maximum Gasteiger partial charge on any atom is 0.124 e. The SMILES string of the molecule is Oc1ccccc1-c1ccc(-c2ccccc2O)[nH]1. The average Bonchev–Trinajstić information content (AvgIpc) is 2.89. The van der Waals surface area contributed by atoms with Crippen molar-refractivity contribution in [1.82, 2.24) is 4.98 Å². The molecule has 3 nitrogen and oxygen atoms in total. The summed E-state index contributed by atoms with van der Waals surface area (Å²) in [5.74, 6) is 0.460. The maximum absolute atomic E-state index is 9.83. The van der Waals surface area contributed by atoms with Gasteiger partial charge in [-0.05, 0) is 36.4 Å². The molecule has 0 bridgehead atoms. The summed E-state index contributed by atoms with van der Waals surface area (Å²) in [7, 11) is 0. The van der Waals surface area contributed by atoms with Gasteiger partial charge in [-0.2, -0.15) is 0 Å². The third-order valence-electron chi connectivity index (χ3n) is 3.07. The van der Waals surface area contributed by atoms with Crippen LogP contribution in [0.3, 0.4) is 0 Å². The van der Waals surface area contributed by atoms with Gasteiger partial charge in [0.15, 0.2) is 0 Å². The van der Waals surface area contributed by atoms with E-state index < -0.39 is 0 Å². The molecule has 3 aromatic rings. The van der Waals surface area contributed by atoms with Crippen molar-refractivity contribution >= 4 is 0 Å². The summed E-state index contributed by atoms with van der Waals surface area (Å²) >= 11 is 0. The Morgan fingerprint density at radius 3 is 1.42 bits per heavy atom. The molecule has 94 valence electrons. The smallest absolute Gasteiger partial charge is 0.124 e. The van der Waals surface area contributed by atoms with Gasteiger partial charge >= 0.3 is 0 Å². The number of nitrogens with one attached hydrogen (secondary N) is 1. The van der Waals surface area contributed by atoms with Gasteiger partial charge < -0.3 is 15.2 Å². The van der Waals surface area contributed by atoms with E-state index in [2.05, 4.69) is 4.98 Å². The molecule has 3 heteroatoms. The summed E-state index contributed by atoms with van der Waals surface area (Å²) < 4.78 is 0. The van der Waals surface area contributed by atoms with Gasteiger partial charge in [-0.1, -0.05) is 24.3 Å². The second-order valence-corrected chi connectivity index (χ2v) is 4.32. The van der Waals surface area contributed by atoms with E-state index in [4.69, 9.17) is 0 Å². The summed E-state index contributed by atoms with van der Waals surface area (Å²) in [5.41, 5.74) is 3.11. The maximum atomic E-state index is 9.83. The minimum atomic E-state index is 0.230. The molecular weight excluding hydrogens is 238 g/mol. The zero-order chi connectivity index (χ0) is 13.2. The van der Waals surface area contributed by atoms with Crippen molar-refractivity contribution in [2.75, 3.05) is 0 Å². The molecule has 19 heavy (non-hydrogen) atoms. The van der Waals surface area contributed by atoms with Crippen molar-refractivity contribution in [3.8, 4) is 34.0 Å². The van der Waals surface area contributed by atoms with Gasteiger partial charge in [0, 0.05) is 22.5 Å². The molecule has 0 saturated heterocycles. The van der Waals surface area contributed by atoms with E-state index in [0.717, 1.165) is 22.5 Å². The first-order valence-corrected chi connectivity index (χ1v) is 6.01. The first-order chi connectivity index (χ1) is 9.25. The Labute approximate surface area is 110 Å². The molecule has 0 aliphatic carbocycles. The lowest BCUT2D eigenvalue weighted by atomic mass is 10.1. The molecule has 0 radical (unpaired) electrons. The van der Waals surface area contributed by atoms with Crippen LogP contribution in [0.25, 0.3) is 22.5 Å². The molecule has 3 N–H and O–H groups in total. The number of para-hydroxylation sites is 2. The van der Waals surface area contributed by atoms with E-state index in [0.29, 0.717) is 0 Å². The highest BCUT2D eigenvalue weighted by Crippen LogP contribution is 2.33. The molecule has 0 amide bonds. The van der Waals surface area contributed by atoms with Crippen LogP contribution in [0.4, 0.5) is 0 Å². The minimum absolute atomic E-state index is 0.230. The summed E-state index contributed by atoms with van der Waals surface area (Å²) in [4.78, 5) is 3.21. The summed E-state index contributed by atoms with van der Waals surface area (Å²) in [6.07, 6.45) is 0. The predicted octanol–water partition coefficient (Wildman–Crippen LogP) is 3.76. The molecule has 0 aliphatic heterocycles. The predicted molar refractivity (Wildman–Crippen MR) is 75.0 cm³/mol. The zero-order valence-electron chi connectivity index (χ0n) is 10.2. The largest absolute Gasteiger partial charge is 0.507 e.